The van der Waals surface area contributed by atoms with E-state index in [1.54, 1.807) is 0 Å². The van der Waals surface area contributed by atoms with E-state index in [0.29, 0.717) is 37.5 Å². The summed E-state index contributed by atoms with van der Waals surface area (Å²) in [4.78, 5) is 72.2. The Balaban J connectivity index is 5.20. The van der Waals surface area contributed by atoms with Crippen molar-refractivity contribution in [1.82, 2.24) is 0 Å². The van der Waals surface area contributed by atoms with Crippen LogP contribution in [0.15, 0.2) is 0 Å². The highest BCUT2D eigenvalue weighted by atomic mass is 31.2. The summed E-state index contributed by atoms with van der Waals surface area (Å²) in [5.41, 5.74) is 0. The molecule has 0 bridgehead atoms. The molecule has 17 nitrogen and oxygen atoms in total. The molecule has 2 unspecified atom stereocenters. The number of phosphoric ester groups is 2. The van der Waals surface area contributed by atoms with Gasteiger partial charge in [-0.2, -0.15) is 0 Å². The number of carbonyl (C=O) groups is 4. The van der Waals surface area contributed by atoms with Crippen LogP contribution in [0.4, 0.5) is 0 Å². The standard InChI is InChI=1S/C65H126O17P2/c1-55(2)41-33-25-17-13-11-9-10-12-14-19-29-37-45-62(67)75-51-61(82-65(70)48-40-32-24-22-28-36-44-58(7)8)54-80-84(73,74)78-50-59(66)49-77-83(71,72)79-53-60(52-76-63(68)46-38-30-23-21-27-35-43-57(5)6)81-64(69)47-39-31-20-16-15-18-26-34-42-56(3)4/h55-61,66H,9-54H2,1-8H3,(H,71,72)(H,73,74)/t59-,60+,61+/m0/s1. The molecule has 0 amide bonds. The van der Waals surface area contributed by atoms with Gasteiger partial charge in [-0.3, -0.25) is 37.3 Å². The largest absolute Gasteiger partial charge is 0.472 e. The Morgan fingerprint density at radius 1 is 0.298 bits per heavy atom. The van der Waals surface area contributed by atoms with Gasteiger partial charge < -0.3 is 33.8 Å². The number of aliphatic hydroxyl groups excluding tert-OH is 1. The first-order valence-electron chi connectivity index (χ1n) is 33.7. The van der Waals surface area contributed by atoms with Crippen molar-refractivity contribution in [1.29, 1.82) is 0 Å². The second-order valence-electron chi connectivity index (χ2n) is 25.4. The van der Waals surface area contributed by atoms with Crippen LogP contribution in [0.25, 0.3) is 0 Å². The number of phosphoric acid groups is 2. The van der Waals surface area contributed by atoms with Gasteiger partial charge in [0, 0.05) is 25.7 Å². The summed E-state index contributed by atoms with van der Waals surface area (Å²) in [5, 5.41) is 10.5. The van der Waals surface area contributed by atoms with E-state index in [-0.39, 0.29) is 25.7 Å². The molecule has 0 rings (SSSR count). The van der Waals surface area contributed by atoms with Gasteiger partial charge in [0.2, 0.25) is 0 Å². The second-order valence-corrected chi connectivity index (χ2v) is 28.3. The molecule has 5 atom stereocenters. The maximum Gasteiger partial charge on any atom is 0.472 e. The van der Waals surface area contributed by atoms with Gasteiger partial charge in [0.1, 0.15) is 19.3 Å². The van der Waals surface area contributed by atoms with Crippen molar-refractivity contribution in [3.8, 4) is 0 Å². The number of carbonyl (C=O) groups excluding carboxylic acids is 4. The van der Waals surface area contributed by atoms with E-state index in [9.17, 15) is 43.2 Å². The van der Waals surface area contributed by atoms with Crippen LogP contribution in [0, 0.1) is 23.7 Å². The monoisotopic (exact) mass is 1240 g/mol. The zero-order valence-electron chi connectivity index (χ0n) is 54.5. The topological polar surface area (TPSA) is 237 Å². The molecule has 84 heavy (non-hydrogen) atoms. The van der Waals surface area contributed by atoms with Crippen molar-refractivity contribution in [2.75, 3.05) is 39.6 Å². The summed E-state index contributed by atoms with van der Waals surface area (Å²) in [6, 6.07) is 0. The van der Waals surface area contributed by atoms with Crippen molar-refractivity contribution >= 4 is 39.5 Å². The summed E-state index contributed by atoms with van der Waals surface area (Å²) in [6.45, 7) is 13.9. The van der Waals surface area contributed by atoms with Crippen LogP contribution in [0.1, 0.15) is 312 Å². The SMILES string of the molecule is CC(C)CCCCCCCCCCCCCCC(=O)OC[C@H](COP(=O)(O)OC[C@@H](O)COP(=O)(O)OC[C@@H](COC(=O)CCCCCCCCC(C)C)OC(=O)CCCCCCCCCCC(C)C)OC(=O)CCCCCCCCC(C)C. The fourth-order valence-electron chi connectivity index (χ4n) is 9.61. The first-order chi connectivity index (χ1) is 40.1. The van der Waals surface area contributed by atoms with E-state index in [1.807, 2.05) is 0 Å². The fraction of sp³-hybridized carbons (Fsp3) is 0.938. The normalized spacial score (nSPS) is 14.4. The third kappa shape index (κ3) is 59.0. The highest BCUT2D eigenvalue weighted by molar-refractivity contribution is 7.47. The molecule has 0 spiro atoms. The number of hydrogen-bond donors (Lipinski definition) is 3. The van der Waals surface area contributed by atoms with E-state index in [1.165, 1.54) is 109 Å². The summed E-state index contributed by atoms with van der Waals surface area (Å²) >= 11 is 0. The third-order valence-corrected chi connectivity index (χ3v) is 16.7. The van der Waals surface area contributed by atoms with E-state index in [4.69, 9.17) is 37.0 Å². The lowest BCUT2D eigenvalue weighted by molar-refractivity contribution is -0.161. The molecule has 0 aromatic carbocycles. The van der Waals surface area contributed by atoms with Gasteiger partial charge in [0.05, 0.1) is 26.4 Å². The van der Waals surface area contributed by atoms with Gasteiger partial charge in [-0.1, -0.05) is 261 Å². The molecule has 0 aromatic rings. The highest BCUT2D eigenvalue weighted by Crippen LogP contribution is 2.45. The van der Waals surface area contributed by atoms with Gasteiger partial charge >= 0.3 is 39.5 Å². The molecular weight excluding hydrogens is 1110 g/mol. The molecule has 0 fully saturated rings. The van der Waals surface area contributed by atoms with Gasteiger partial charge in [-0.05, 0) is 49.4 Å². The van der Waals surface area contributed by atoms with Crippen LogP contribution < -0.4 is 0 Å². The van der Waals surface area contributed by atoms with Gasteiger partial charge in [0.25, 0.3) is 0 Å². The van der Waals surface area contributed by atoms with Crippen LogP contribution >= 0.6 is 15.6 Å². The average molecular weight is 1240 g/mol. The molecule has 0 aliphatic rings. The Bertz CT molecular complexity index is 1680. The number of unbranched alkanes of at least 4 members (excludes halogenated alkanes) is 28. The van der Waals surface area contributed by atoms with Crippen LogP contribution in [0.5, 0.6) is 0 Å². The quantitative estimate of drug-likeness (QED) is 0.0222. The summed E-state index contributed by atoms with van der Waals surface area (Å²) in [5.74, 6) is 0.705. The van der Waals surface area contributed by atoms with Gasteiger partial charge in [-0.15, -0.1) is 0 Å². The second kappa shape index (κ2) is 55.2. The predicted molar refractivity (Wildman–Crippen MR) is 335 cm³/mol. The third-order valence-electron chi connectivity index (χ3n) is 14.8. The van der Waals surface area contributed by atoms with E-state index in [2.05, 4.69) is 55.4 Å². The van der Waals surface area contributed by atoms with Gasteiger partial charge in [0.15, 0.2) is 12.2 Å². The zero-order valence-corrected chi connectivity index (χ0v) is 56.3. The Kier molecular flexibility index (Phi) is 53.9. The minimum atomic E-state index is -4.95. The Morgan fingerprint density at radius 3 is 0.738 bits per heavy atom. The minimum absolute atomic E-state index is 0.101. The minimum Gasteiger partial charge on any atom is -0.462 e. The molecule has 0 aliphatic carbocycles. The Morgan fingerprint density at radius 2 is 0.500 bits per heavy atom. The molecule has 0 heterocycles. The van der Waals surface area contributed by atoms with Gasteiger partial charge in [-0.25, -0.2) is 9.13 Å². The smallest absolute Gasteiger partial charge is 0.462 e. The van der Waals surface area contributed by atoms with E-state index in [0.717, 1.165) is 108 Å². The molecule has 0 saturated heterocycles. The van der Waals surface area contributed by atoms with Crippen LogP contribution in [-0.4, -0.2) is 96.7 Å². The Hall–Kier alpha value is -1.94. The molecular formula is C65H126O17P2. The molecule has 19 heteroatoms. The van der Waals surface area contributed by atoms with Crippen LogP contribution in [0.3, 0.4) is 0 Å². The van der Waals surface area contributed by atoms with Crippen LogP contribution in [-0.2, 0) is 65.4 Å². The van der Waals surface area contributed by atoms with Crippen molar-refractivity contribution in [3.63, 3.8) is 0 Å². The Labute approximate surface area is 511 Å². The lowest BCUT2D eigenvalue weighted by Crippen LogP contribution is -2.30. The van der Waals surface area contributed by atoms with Crippen molar-refractivity contribution < 1.29 is 80.2 Å². The maximum atomic E-state index is 13.0. The van der Waals surface area contributed by atoms with E-state index < -0.39 is 97.5 Å². The summed E-state index contributed by atoms with van der Waals surface area (Å²) in [7, 11) is -9.89. The highest BCUT2D eigenvalue weighted by Gasteiger charge is 2.30. The number of aliphatic hydroxyl groups is 1. The number of rotatable bonds is 62. The lowest BCUT2D eigenvalue weighted by atomic mass is 10.0. The molecule has 0 saturated carbocycles. The lowest BCUT2D eigenvalue weighted by Gasteiger charge is -2.21. The summed E-state index contributed by atoms with van der Waals surface area (Å²) in [6.07, 6.45) is 35.2. The number of hydrogen-bond acceptors (Lipinski definition) is 15. The van der Waals surface area contributed by atoms with E-state index >= 15 is 0 Å². The fourth-order valence-corrected chi connectivity index (χ4v) is 11.2. The molecule has 0 radical (unpaired) electrons. The summed E-state index contributed by atoms with van der Waals surface area (Å²) < 4.78 is 68.0. The molecule has 3 N–H and O–H groups in total. The zero-order chi connectivity index (χ0) is 62.5. The maximum absolute atomic E-state index is 13.0. The number of ether oxygens (including phenoxy) is 4. The predicted octanol–water partition coefficient (Wildman–Crippen LogP) is 17.8. The molecule has 498 valence electrons. The van der Waals surface area contributed by atoms with Crippen molar-refractivity contribution in [3.05, 3.63) is 0 Å². The average Bonchev–Trinajstić information content (AvgIpc) is 3.56. The van der Waals surface area contributed by atoms with Crippen molar-refractivity contribution in [2.45, 2.75) is 331 Å². The molecule has 0 aliphatic heterocycles. The van der Waals surface area contributed by atoms with Crippen LogP contribution in [0.2, 0.25) is 0 Å². The first kappa shape index (κ1) is 82.1. The first-order valence-corrected chi connectivity index (χ1v) is 36.7. The molecule has 0 aromatic heterocycles. The number of esters is 4. The van der Waals surface area contributed by atoms with Crippen molar-refractivity contribution in [2.24, 2.45) is 23.7 Å².